The number of carbonyl (C=O) groups is 1. The summed E-state index contributed by atoms with van der Waals surface area (Å²) in [5.74, 6) is -0.825. The molecule has 0 fully saturated rings. The normalized spacial score (nSPS) is 11.2. The van der Waals surface area contributed by atoms with E-state index >= 15 is 0 Å². The highest BCUT2D eigenvalue weighted by molar-refractivity contribution is 9.10. The van der Waals surface area contributed by atoms with Gasteiger partial charge in [0.05, 0.1) is 12.2 Å². The van der Waals surface area contributed by atoms with E-state index in [-0.39, 0.29) is 29.6 Å². The summed E-state index contributed by atoms with van der Waals surface area (Å²) in [4.78, 5) is 16.3. The molecule has 0 atom stereocenters. The molecule has 1 aromatic heterocycles. The predicted octanol–water partition coefficient (Wildman–Crippen LogP) is 5.29. The van der Waals surface area contributed by atoms with E-state index in [1.165, 1.54) is 12.1 Å². The molecular weight excluding hydrogens is 455 g/mol. The summed E-state index contributed by atoms with van der Waals surface area (Å²) in [6.07, 6.45) is -4.52. The van der Waals surface area contributed by atoms with Gasteiger partial charge in [-0.25, -0.2) is 4.79 Å². The van der Waals surface area contributed by atoms with E-state index in [1.54, 1.807) is 31.2 Å². The fourth-order valence-electron chi connectivity index (χ4n) is 2.28. The second-order valence-corrected chi connectivity index (χ2v) is 6.56. The summed E-state index contributed by atoms with van der Waals surface area (Å²) >= 11 is 3.29. The minimum Gasteiger partial charge on any atom is -0.461 e. The van der Waals surface area contributed by atoms with Gasteiger partial charge in [-0.3, -0.25) is 0 Å². The molecule has 29 heavy (non-hydrogen) atoms. The van der Waals surface area contributed by atoms with E-state index in [2.05, 4.69) is 31.1 Å². The van der Waals surface area contributed by atoms with Crippen LogP contribution in [0, 0.1) is 0 Å². The highest BCUT2D eigenvalue weighted by atomic mass is 79.9. The number of halogens is 4. The van der Waals surface area contributed by atoms with Gasteiger partial charge in [-0.15, -0.1) is 10.2 Å². The predicted molar refractivity (Wildman–Crippen MR) is 100 cm³/mol. The molecule has 0 amide bonds. The lowest BCUT2D eigenvalue weighted by Gasteiger charge is -2.11. The first kappa shape index (κ1) is 20.7. The molecule has 150 valence electrons. The highest BCUT2D eigenvalue weighted by Gasteiger charge is 2.31. The van der Waals surface area contributed by atoms with Crippen molar-refractivity contribution in [3.8, 4) is 23.0 Å². The van der Waals surface area contributed by atoms with Crippen LogP contribution >= 0.6 is 15.9 Å². The fraction of sp³-hybridized carbons (Fsp3) is 0.158. The summed E-state index contributed by atoms with van der Waals surface area (Å²) in [5.41, 5.74) is -1.07. The van der Waals surface area contributed by atoms with Crippen LogP contribution in [0.5, 0.6) is 11.6 Å². The monoisotopic (exact) mass is 467 g/mol. The van der Waals surface area contributed by atoms with E-state index in [9.17, 15) is 18.0 Å². The lowest BCUT2D eigenvalue weighted by atomic mass is 10.1. The number of rotatable bonds is 5. The van der Waals surface area contributed by atoms with Crippen molar-refractivity contribution in [2.45, 2.75) is 13.1 Å². The van der Waals surface area contributed by atoms with Crippen LogP contribution in [0.3, 0.4) is 0 Å². The smallest absolute Gasteiger partial charge is 0.416 e. The van der Waals surface area contributed by atoms with Crippen LogP contribution in [0.25, 0.3) is 11.4 Å². The maximum Gasteiger partial charge on any atom is 0.416 e. The standard InChI is InChI=1S/C19H13BrF3N3O3/c1-2-28-18(27)15-17(29-14-8-6-13(20)7-9-14)24-16(26-25-15)11-4-3-5-12(10-11)19(21,22)23/h3-10H,2H2,1H3. The molecule has 0 aliphatic heterocycles. The van der Waals surface area contributed by atoms with Crippen molar-refractivity contribution in [3.05, 3.63) is 64.3 Å². The Morgan fingerprint density at radius 1 is 1.10 bits per heavy atom. The van der Waals surface area contributed by atoms with Gasteiger partial charge in [0.15, 0.2) is 5.82 Å². The van der Waals surface area contributed by atoms with Crippen molar-refractivity contribution in [2.24, 2.45) is 0 Å². The number of benzene rings is 2. The first-order valence-electron chi connectivity index (χ1n) is 8.31. The van der Waals surface area contributed by atoms with Crippen LogP contribution < -0.4 is 4.74 Å². The Bertz CT molecular complexity index is 1030. The number of ether oxygens (including phenoxy) is 2. The molecule has 3 aromatic rings. The molecule has 2 aromatic carbocycles. The Morgan fingerprint density at radius 2 is 1.83 bits per heavy atom. The number of alkyl halides is 3. The second kappa shape index (κ2) is 8.56. The zero-order chi connectivity index (χ0) is 21.0. The van der Waals surface area contributed by atoms with Crippen LogP contribution in [0.1, 0.15) is 23.0 Å². The van der Waals surface area contributed by atoms with Gasteiger partial charge in [0.25, 0.3) is 5.88 Å². The summed E-state index contributed by atoms with van der Waals surface area (Å²) in [7, 11) is 0. The molecule has 0 saturated heterocycles. The maximum atomic E-state index is 13.0. The molecule has 0 aliphatic carbocycles. The minimum absolute atomic E-state index is 0.0726. The lowest BCUT2D eigenvalue weighted by molar-refractivity contribution is -0.137. The van der Waals surface area contributed by atoms with Crippen LogP contribution in [0.15, 0.2) is 53.0 Å². The Labute approximate surface area is 171 Å². The molecule has 0 unspecified atom stereocenters. The number of hydrogen-bond acceptors (Lipinski definition) is 6. The topological polar surface area (TPSA) is 74.2 Å². The zero-order valence-electron chi connectivity index (χ0n) is 14.9. The van der Waals surface area contributed by atoms with Gasteiger partial charge in [-0.05, 0) is 43.3 Å². The third kappa shape index (κ3) is 5.08. The second-order valence-electron chi connectivity index (χ2n) is 5.64. The molecule has 0 radical (unpaired) electrons. The van der Waals surface area contributed by atoms with Crippen LogP contribution in [-0.4, -0.2) is 27.8 Å². The van der Waals surface area contributed by atoms with Crippen LogP contribution in [0.2, 0.25) is 0 Å². The molecule has 0 spiro atoms. The van der Waals surface area contributed by atoms with E-state index in [0.29, 0.717) is 5.75 Å². The quantitative estimate of drug-likeness (QED) is 0.474. The average Bonchev–Trinajstić information content (AvgIpc) is 2.69. The summed E-state index contributed by atoms with van der Waals surface area (Å²) in [5, 5.41) is 7.55. The van der Waals surface area contributed by atoms with Crippen LogP contribution in [-0.2, 0) is 10.9 Å². The number of nitrogens with zero attached hydrogens (tertiary/aromatic N) is 3. The Hall–Kier alpha value is -3.01. The average molecular weight is 468 g/mol. The largest absolute Gasteiger partial charge is 0.461 e. The summed E-state index contributed by atoms with van der Waals surface area (Å²) in [6, 6.07) is 11.1. The molecular formula is C19H13BrF3N3O3. The molecule has 0 aliphatic rings. The molecule has 0 bridgehead atoms. The first-order valence-corrected chi connectivity index (χ1v) is 9.10. The van der Waals surface area contributed by atoms with Crippen molar-refractivity contribution < 1.29 is 27.4 Å². The van der Waals surface area contributed by atoms with E-state index in [0.717, 1.165) is 16.6 Å². The summed E-state index contributed by atoms with van der Waals surface area (Å²) < 4.78 is 50.3. The highest BCUT2D eigenvalue weighted by Crippen LogP contribution is 2.32. The van der Waals surface area contributed by atoms with Gasteiger partial charge < -0.3 is 9.47 Å². The van der Waals surface area contributed by atoms with E-state index in [4.69, 9.17) is 9.47 Å². The molecule has 0 N–H and O–H groups in total. The van der Waals surface area contributed by atoms with Gasteiger partial charge >= 0.3 is 12.1 Å². The Kier molecular flexibility index (Phi) is 6.12. The molecule has 6 nitrogen and oxygen atoms in total. The number of aromatic nitrogens is 3. The third-order valence-electron chi connectivity index (χ3n) is 3.60. The Balaban J connectivity index is 2.04. The van der Waals surface area contributed by atoms with Crippen molar-refractivity contribution >= 4 is 21.9 Å². The molecule has 0 saturated carbocycles. The van der Waals surface area contributed by atoms with Gasteiger partial charge in [-0.2, -0.15) is 18.2 Å². The maximum absolute atomic E-state index is 13.0. The molecule has 1 heterocycles. The van der Waals surface area contributed by atoms with E-state index in [1.807, 2.05) is 0 Å². The Morgan fingerprint density at radius 3 is 2.48 bits per heavy atom. The SMILES string of the molecule is CCOC(=O)c1nnc(-c2cccc(C(F)(F)F)c2)nc1Oc1ccc(Br)cc1. The van der Waals surface area contributed by atoms with Crippen molar-refractivity contribution in [3.63, 3.8) is 0 Å². The number of carbonyl (C=O) groups excluding carboxylic acids is 1. The number of esters is 1. The van der Waals surface area contributed by atoms with Gasteiger partial charge in [0.2, 0.25) is 5.69 Å². The van der Waals surface area contributed by atoms with Gasteiger partial charge in [-0.1, -0.05) is 28.1 Å². The van der Waals surface area contributed by atoms with Gasteiger partial charge in [0, 0.05) is 10.0 Å². The third-order valence-corrected chi connectivity index (χ3v) is 4.13. The first-order chi connectivity index (χ1) is 13.8. The molecule has 10 heteroatoms. The van der Waals surface area contributed by atoms with Crippen molar-refractivity contribution in [1.82, 2.24) is 15.2 Å². The zero-order valence-corrected chi connectivity index (χ0v) is 16.5. The number of hydrogen-bond donors (Lipinski definition) is 0. The van der Waals surface area contributed by atoms with Crippen LogP contribution in [0.4, 0.5) is 13.2 Å². The fourth-order valence-corrected chi connectivity index (χ4v) is 2.55. The molecule has 3 rings (SSSR count). The van der Waals surface area contributed by atoms with Crippen molar-refractivity contribution in [1.29, 1.82) is 0 Å². The van der Waals surface area contributed by atoms with Crippen molar-refractivity contribution in [2.75, 3.05) is 6.61 Å². The van der Waals surface area contributed by atoms with Gasteiger partial charge in [0.1, 0.15) is 5.75 Å². The summed E-state index contributed by atoms with van der Waals surface area (Å²) in [6.45, 7) is 1.71. The minimum atomic E-state index is -4.52. The van der Waals surface area contributed by atoms with E-state index < -0.39 is 17.7 Å². The lowest BCUT2D eigenvalue weighted by Crippen LogP contribution is -2.12.